The lowest BCUT2D eigenvalue weighted by Crippen LogP contribution is -2.26. The summed E-state index contributed by atoms with van der Waals surface area (Å²) in [5.41, 5.74) is 1.56. The molecule has 6 nitrogen and oxygen atoms in total. The van der Waals surface area contributed by atoms with Crippen LogP contribution in [-0.4, -0.2) is 19.9 Å². The summed E-state index contributed by atoms with van der Waals surface area (Å²) in [6.45, 7) is 1.94. The molecule has 0 atom stereocenters. The fraction of sp³-hybridized carbons (Fsp3) is 0.467. The van der Waals surface area contributed by atoms with E-state index in [0.29, 0.717) is 18.5 Å². The molecule has 1 aliphatic rings. The van der Waals surface area contributed by atoms with Gasteiger partial charge in [-0.3, -0.25) is 10.1 Å². The van der Waals surface area contributed by atoms with Gasteiger partial charge in [-0.25, -0.2) is 13.1 Å². The van der Waals surface area contributed by atoms with Crippen LogP contribution in [0.5, 0.6) is 0 Å². The molecule has 1 aliphatic carbocycles. The molecule has 0 heterocycles. The Morgan fingerprint density at radius 3 is 2.73 bits per heavy atom. The second-order valence-corrected chi connectivity index (χ2v) is 7.20. The molecule has 1 N–H and O–H groups in total. The van der Waals surface area contributed by atoms with E-state index in [4.69, 9.17) is 0 Å². The fourth-order valence-electron chi connectivity index (χ4n) is 2.55. The summed E-state index contributed by atoms with van der Waals surface area (Å²) in [7, 11) is -3.73. The molecule has 1 aromatic rings. The van der Waals surface area contributed by atoms with Crippen LogP contribution < -0.4 is 4.72 Å². The Balaban J connectivity index is 2.08. The molecule has 0 bridgehead atoms. The van der Waals surface area contributed by atoms with Crippen molar-refractivity contribution in [2.24, 2.45) is 0 Å². The maximum atomic E-state index is 12.3. The summed E-state index contributed by atoms with van der Waals surface area (Å²) in [4.78, 5) is 10.2. The number of benzene rings is 1. The van der Waals surface area contributed by atoms with Gasteiger partial charge in [0.25, 0.3) is 5.69 Å². The molecule has 0 saturated carbocycles. The lowest BCUT2D eigenvalue weighted by Gasteiger charge is -2.13. The number of nitro groups is 1. The average Bonchev–Trinajstić information content (AvgIpc) is 2.48. The van der Waals surface area contributed by atoms with Crippen LogP contribution in [-0.2, 0) is 10.0 Å². The van der Waals surface area contributed by atoms with Crippen molar-refractivity contribution >= 4 is 15.7 Å². The normalized spacial score (nSPS) is 15.4. The second-order valence-electron chi connectivity index (χ2n) is 5.46. The molecule has 0 amide bonds. The number of sulfonamides is 1. The number of aryl methyl sites for hydroxylation is 1. The van der Waals surface area contributed by atoms with E-state index in [-0.39, 0.29) is 10.6 Å². The maximum absolute atomic E-state index is 12.3. The van der Waals surface area contributed by atoms with Gasteiger partial charge in [0.2, 0.25) is 10.0 Å². The third-order valence-corrected chi connectivity index (χ3v) is 5.40. The van der Waals surface area contributed by atoms with E-state index in [0.717, 1.165) is 25.3 Å². The number of non-ortho nitro benzene ring substituents is 1. The first-order chi connectivity index (χ1) is 10.4. The fourth-order valence-corrected chi connectivity index (χ4v) is 3.84. The number of hydrogen-bond donors (Lipinski definition) is 1. The largest absolute Gasteiger partial charge is 0.270 e. The average molecular weight is 324 g/mol. The van der Waals surface area contributed by atoms with Crippen molar-refractivity contribution in [3.8, 4) is 0 Å². The highest BCUT2D eigenvalue weighted by atomic mass is 32.2. The number of nitrogens with one attached hydrogen (secondary N) is 1. The zero-order valence-corrected chi connectivity index (χ0v) is 13.4. The SMILES string of the molecule is Cc1ccc([N+](=O)[O-])cc1S(=O)(=O)NCCC1=CCCCC1. The van der Waals surface area contributed by atoms with Gasteiger partial charge < -0.3 is 0 Å². The van der Waals surface area contributed by atoms with Gasteiger partial charge in [0.15, 0.2) is 0 Å². The third-order valence-electron chi connectivity index (χ3n) is 3.80. The van der Waals surface area contributed by atoms with E-state index in [2.05, 4.69) is 10.8 Å². The molecule has 0 aromatic heterocycles. The zero-order valence-electron chi connectivity index (χ0n) is 12.5. The number of nitrogens with zero attached hydrogens (tertiary/aromatic N) is 1. The van der Waals surface area contributed by atoms with Crippen molar-refractivity contribution in [2.75, 3.05) is 6.54 Å². The first-order valence-electron chi connectivity index (χ1n) is 7.33. The Kier molecular flexibility index (Phi) is 5.31. The van der Waals surface area contributed by atoms with E-state index < -0.39 is 14.9 Å². The Morgan fingerprint density at radius 1 is 1.32 bits per heavy atom. The topological polar surface area (TPSA) is 89.3 Å². The van der Waals surface area contributed by atoms with E-state index in [1.807, 2.05) is 0 Å². The van der Waals surface area contributed by atoms with Crippen LogP contribution in [0.15, 0.2) is 34.7 Å². The number of nitro benzene ring substituents is 1. The summed E-state index contributed by atoms with van der Waals surface area (Å²) in [5.74, 6) is 0. The van der Waals surface area contributed by atoms with Gasteiger partial charge in [0.05, 0.1) is 9.82 Å². The highest BCUT2D eigenvalue weighted by Crippen LogP contribution is 2.22. The molecule has 0 unspecified atom stereocenters. The first-order valence-corrected chi connectivity index (χ1v) is 8.81. The molecule has 22 heavy (non-hydrogen) atoms. The number of hydrogen-bond acceptors (Lipinski definition) is 4. The summed E-state index contributed by atoms with van der Waals surface area (Å²) >= 11 is 0. The van der Waals surface area contributed by atoms with Crippen LogP contribution in [0.25, 0.3) is 0 Å². The summed E-state index contributed by atoms with van der Waals surface area (Å²) in [5, 5.41) is 10.8. The quantitative estimate of drug-likeness (QED) is 0.495. The van der Waals surface area contributed by atoms with E-state index in [9.17, 15) is 18.5 Å². The zero-order chi connectivity index (χ0) is 16.2. The predicted octanol–water partition coefficient (Wildman–Crippen LogP) is 3.07. The van der Waals surface area contributed by atoms with Crippen molar-refractivity contribution < 1.29 is 13.3 Å². The molecule has 120 valence electrons. The Hall–Kier alpha value is -1.73. The van der Waals surface area contributed by atoms with Gasteiger partial charge in [-0.05, 0) is 44.6 Å². The van der Waals surface area contributed by atoms with E-state index >= 15 is 0 Å². The predicted molar refractivity (Wildman–Crippen MR) is 84.2 cm³/mol. The van der Waals surface area contributed by atoms with E-state index in [1.54, 1.807) is 6.92 Å². The van der Waals surface area contributed by atoms with Crippen LogP contribution in [0.3, 0.4) is 0 Å². The minimum Gasteiger partial charge on any atom is -0.258 e. The van der Waals surface area contributed by atoms with E-state index in [1.165, 1.54) is 24.1 Å². The van der Waals surface area contributed by atoms with Crippen LogP contribution in [0.1, 0.15) is 37.7 Å². The molecule has 0 saturated heterocycles. The lowest BCUT2D eigenvalue weighted by molar-refractivity contribution is -0.385. The van der Waals surface area contributed by atoms with Gasteiger partial charge in [-0.2, -0.15) is 0 Å². The molecule has 7 heteroatoms. The summed E-state index contributed by atoms with van der Waals surface area (Å²) < 4.78 is 27.2. The number of rotatable bonds is 6. The molecule has 0 radical (unpaired) electrons. The lowest BCUT2D eigenvalue weighted by atomic mass is 9.97. The van der Waals surface area contributed by atoms with Crippen LogP contribution in [0.4, 0.5) is 5.69 Å². The molecular formula is C15H20N2O4S. The number of allylic oxidation sites excluding steroid dienone is 1. The molecule has 0 aliphatic heterocycles. The van der Waals surface area contributed by atoms with Gasteiger partial charge >= 0.3 is 0 Å². The molecule has 0 spiro atoms. The van der Waals surface area contributed by atoms with Gasteiger partial charge in [-0.15, -0.1) is 0 Å². The Bertz CT molecular complexity index is 695. The van der Waals surface area contributed by atoms with Crippen molar-refractivity contribution in [1.82, 2.24) is 4.72 Å². The van der Waals surface area contributed by atoms with Gasteiger partial charge in [-0.1, -0.05) is 17.7 Å². The summed E-state index contributed by atoms with van der Waals surface area (Å²) in [6, 6.07) is 3.87. The Morgan fingerprint density at radius 2 is 2.09 bits per heavy atom. The third kappa shape index (κ3) is 4.14. The molecule has 0 fully saturated rings. The smallest absolute Gasteiger partial charge is 0.258 e. The summed E-state index contributed by atoms with van der Waals surface area (Å²) in [6.07, 6.45) is 7.30. The Labute approximate surface area is 130 Å². The van der Waals surface area contributed by atoms with Crippen molar-refractivity contribution in [1.29, 1.82) is 0 Å². The van der Waals surface area contributed by atoms with Gasteiger partial charge in [0.1, 0.15) is 0 Å². The van der Waals surface area contributed by atoms with Crippen molar-refractivity contribution in [2.45, 2.75) is 43.9 Å². The first kappa shape index (κ1) is 16.6. The van der Waals surface area contributed by atoms with Crippen LogP contribution in [0.2, 0.25) is 0 Å². The van der Waals surface area contributed by atoms with Crippen molar-refractivity contribution in [3.63, 3.8) is 0 Å². The monoisotopic (exact) mass is 324 g/mol. The second kappa shape index (κ2) is 7.02. The van der Waals surface area contributed by atoms with Gasteiger partial charge in [0, 0.05) is 18.7 Å². The minimum atomic E-state index is -3.73. The highest BCUT2D eigenvalue weighted by molar-refractivity contribution is 7.89. The van der Waals surface area contributed by atoms with Crippen molar-refractivity contribution in [3.05, 3.63) is 45.5 Å². The maximum Gasteiger partial charge on any atom is 0.270 e. The highest BCUT2D eigenvalue weighted by Gasteiger charge is 2.20. The molecular weight excluding hydrogens is 304 g/mol. The van der Waals surface area contributed by atoms with Crippen LogP contribution >= 0.6 is 0 Å². The minimum absolute atomic E-state index is 0.0284. The molecule has 2 rings (SSSR count). The molecule has 1 aromatic carbocycles. The standard InChI is InChI=1S/C15H20N2O4S/c1-12-7-8-14(17(18)19)11-15(12)22(20,21)16-10-9-13-5-3-2-4-6-13/h5,7-8,11,16H,2-4,6,9-10H2,1H3. The van der Waals surface area contributed by atoms with Crippen LogP contribution in [0, 0.1) is 17.0 Å².